The van der Waals surface area contributed by atoms with E-state index in [2.05, 4.69) is 0 Å². The molecule has 0 amide bonds. The molecule has 0 spiro atoms. The molecule has 7 nitrogen and oxygen atoms in total. The van der Waals surface area contributed by atoms with Crippen LogP contribution in [-0.4, -0.2) is 56.8 Å². The third kappa shape index (κ3) is 2.75. The second-order valence-corrected chi connectivity index (χ2v) is 8.02. The summed E-state index contributed by atoms with van der Waals surface area (Å²) in [7, 11) is -3.66. The van der Waals surface area contributed by atoms with Crippen LogP contribution < -0.4 is 0 Å². The summed E-state index contributed by atoms with van der Waals surface area (Å²) in [5.41, 5.74) is 0. The van der Waals surface area contributed by atoms with Gasteiger partial charge in [-0.1, -0.05) is 0 Å². The normalized spacial score (nSPS) is 44.6. The van der Waals surface area contributed by atoms with Gasteiger partial charge in [0, 0.05) is 5.92 Å². The first-order chi connectivity index (χ1) is 9.57. The smallest absolute Gasteiger partial charge is 0.264 e. The lowest BCUT2D eigenvalue weighted by Crippen LogP contribution is -2.54. The van der Waals surface area contributed by atoms with E-state index < -0.39 is 46.4 Å². The molecule has 0 saturated carbocycles. The molecule has 0 N–H and O–H groups in total. The molecule has 21 heavy (non-hydrogen) atoms. The van der Waals surface area contributed by atoms with Gasteiger partial charge in [0.2, 0.25) is 0 Å². The topological polar surface area (TPSA) is 88.1 Å². The van der Waals surface area contributed by atoms with E-state index in [4.69, 9.17) is 18.4 Å². The van der Waals surface area contributed by atoms with Crippen LogP contribution in [0.25, 0.3) is 0 Å². The van der Waals surface area contributed by atoms with E-state index in [1.165, 1.54) is 6.92 Å². The molecular formula is C13H20O7S. The quantitative estimate of drug-likeness (QED) is 0.688. The van der Waals surface area contributed by atoms with Crippen molar-refractivity contribution in [1.29, 1.82) is 0 Å². The minimum Gasteiger partial charge on any atom is -0.369 e. The number of hydrogen-bond donors (Lipinski definition) is 0. The second kappa shape index (κ2) is 4.73. The number of fused-ring (bicyclic) bond motifs is 4. The van der Waals surface area contributed by atoms with Gasteiger partial charge in [-0.2, -0.15) is 8.42 Å². The predicted molar refractivity (Wildman–Crippen MR) is 71.0 cm³/mol. The molecule has 0 unspecified atom stereocenters. The molecule has 120 valence electrons. The zero-order valence-corrected chi connectivity index (χ0v) is 13.3. The van der Waals surface area contributed by atoms with Gasteiger partial charge < -0.3 is 14.2 Å². The van der Waals surface area contributed by atoms with Crippen LogP contribution in [0.2, 0.25) is 0 Å². The Morgan fingerprint density at radius 1 is 1.19 bits per heavy atom. The highest BCUT2D eigenvalue weighted by molar-refractivity contribution is 7.86. The maximum absolute atomic E-state index is 11.8. The lowest BCUT2D eigenvalue weighted by Gasteiger charge is -2.36. The lowest BCUT2D eigenvalue weighted by atomic mass is 9.93. The Balaban J connectivity index is 1.94. The van der Waals surface area contributed by atoms with Crippen LogP contribution >= 0.6 is 0 Å². The number of ketones is 1. The Bertz CT molecular complexity index is 555. The number of carbonyl (C=O) groups excluding carboxylic acids is 1. The molecule has 0 aromatic rings. The van der Waals surface area contributed by atoms with Gasteiger partial charge in [0.1, 0.15) is 24.1 Å². The summed E-state index contributed by atoms with van der Waals surface area (Å²) >= 11 is 0. The molecule has 3 fully saturated rings. The fraction of sp³-hybridized carbons (Fsp3) is 0.923. The highest BCUT2D eigenvalue weighted by atomic mass is 32.2. The molecule has 2 bridgehead atoms. The summed E-state index contributed by atoms with van der Waals surface area (Å²) in [6, 6.07) is 0. The Morgan fingerprint density at radius 2 is 1.81 bits per heavy atom. The van der Waals surface area contributed by atoms with Gasteiger partial charge in [0.05, 0.1) is 18.5 Å². The summed E-state index contributed by atoms with van der Waals surface area (Å²) in [6.45, 7) is 5.01. The molecule has 3 aliphatic rings. The Kier molecular flexibility index (Phi) is 3.46. The summed E-state index contributed by atoms with van der Waals surface area (Å²) in [5.74, 6) is -1.16. The van der Waals surface area contributed by atoms with E-state index in [0.29, 0.717) is 6.42 Å². The Labute approximate surface area is 124 Å². The van der Waals surface area contributed by atoms with Gasteiger partial charge in [-0.05, 0) is 27.2 Å². The first-order valence-corrected chi connectivity index (χ1v) is 8.79. The second-order valence-electron chi connectivity index (χ2n) is 6.42. The number of hydrogen-bond acceptors (Lipinski definition) is 7. The molecule has 8 heteroatoms. The van der Waals surface area contributed by atoms with Crippen molar-refractivity contribution in [1.82, 2.24) is 0 Å². The average molecular weight is 320 g/mol. The van der Waals surface area contributed by atoms with Crippen molar-refractivity contribution >= 4 is 15.9 Å². The molecule has 3 heterocycles. The standard InChI is InChI=1S/C13H20O7S/c1-6(14)7-5-8-10(20-21(4,15)16)12-11(9(7)17-8)18-13(2,3)19-12/h7-12H,5H2,1-4H3/t7-,8-,9+,10-,11-,12+/m1/s1. The first kappa shape index (κ1) is 15.4. The highest BCUT2D eigenvalue weighted by Crippen LogP contribution is 2.47. The molecule has 0 aromatic heterocycles. The van der Waals surface area contributed by atoms with Crippen molar-refractivity contribution in [3.63, 3.8) is 0 Å². The minimum atomic E-state index is -3.66. The minimum absolute atomic E-state index is 0.00885. The molecule has 3 saturated heterocycles. The third-order valence-corrected chi connectivity index (χ3v) is 4.77. The predicted octanol–water partition coefficient (Wildman–Crippen LogP) is 0.228. The van der Waals surface area contributed by atoms with Crippen molar-refractivity contribution in [2.75, 3.05) is 6.26 Å². The van der Waals surface area contributed by atoms with E-state index in [1.54, 1.807) is 13.8 Å². The fourth-order valence-electron chi connectivity index (χ4n) is 3.51. The van der Waals surface area contributed by atoms with Crippen LogP contribution in [0.15, 0.2) is 0 Å². The van der Waals surface area contributed by atoms with E-state index in [1.807, 2.05) is 0 Å². The zero-order chi connectivity index (χ0) is 15.6. The number of ether oxygens (including phenoxy) is 3. The van der Waals surface area contributed by atoms with Crippen LogP contribution in [0.3, 0.4) is 0 Å². The first-order valence-electron chi connectivity index (χ1n) is 6.97. The molecular weight excluding hydrogens is 300 g/mol. The summed E-state index contributed by atoms with van der Waals surface area (Å²) in [6.07, 6.45) is -1.29. The van der Waals surface area contributed by atoms with E-state index in [0.717, 1.165) is 6.26 Å². The van der Waals surface area contributed by atoms with Crippen molar-refractivity contribution in [3.8, 4) is 0 Å². The van der Waals surface area contributed by atoms with Crippen LogP contribution in [-0.2, 0) is 33.3 Å². The molecule has 0 aliphatic carbocycles. The molecule has 6 atom stereocenters. The molecule has 3 aliphatic heterocycles. The van der Waals surface area contributed by atoms with Crippen LogP contribution in [0, 0.1) is 5.92 Å². The van der Waals surface area contributed by atoms with Gasteiger partial charge in [0.25, 0.3) is 10.1 Å². The SMILES string of the molecule is CC(=O)[C@H]1C[C@H]2O[C@@H]1[C@H]1OC(C)(C)O[C@H]1[C@@H]2OS(C)(=O)=O. The van der Waals surface area contributed by atoms with Crippen LogP contribution in [0.1, 0.15) is 27.2 Å². The maximum Gasteiger partial charge on any atom is 0.264 e. The van der Waals surface area contributed by atoms with E-state index in [9.17, 15) is 13.2 Å². The average Bonchev–Trinajstić information content (AvgIpc) is 2.82. The fourth-order valence-corrected chi connectivity index (χ4v) is 4.14. The van der Waals surface area contributed by atoms with Gasteiger partial charge in [0.15, 0.2) is 5.79 Å². The summed E-state index contributed by atoms with van der Waals surface area (Å²) in [5, 5.41) is 0. The zero-order valence-electron chi connectivity index (χ0n) is 12.4. The Hall–Kier alpha value is -0.540. The van der Waals surface area contributed by atoms with E-state index >= 15 is 0 Å². The van der Waals surface area contributed by atoms with Gasteiger partial charge in [-0.3, -0.25) is 8.98 Å². The van der Waals surface area contributed by atoms with Gasteiger partial charge >= 0.3 is 0 Å². The van der Waals surface area contributed by atoms with Crippen molar-refractivity contribution in [2.24, 2.45) is 5.92 Å². The molecule has 0 radical (unpaired) electrons. The molecule has 0 aromatic carbocycles. The molecule has 3 rings (SSSR count). The monoisotopic (exact) mass is 320 g/mol. The third-order valence-electron chi connectivity index (χ3n) is 4.20. The Morgan fingerprint density at radius 3 is 2.38 bits per heavy atom. The lowest BCUT2D eigenvalue weighted by molar-refractivity contribution is -0.157. The largest absolute Gasteiger partial charge is 0.369 e. The van der Waals surface area contributed by atoms with E-state index in [-0.39, 0.29) is 11.7 Å². The van der Waals surface area contributed by atoms with Crippen molar-refractivity contribution in [2.45, 2.75) is 63.5 Å². The summed E-state index contributed by atoms with van der Waals surface area (Å²) in [4.78, 5) is 11.8. The number of Topliss-reactive ketones (excluding diaryl/α,β-unsaturated/α-hetero) is 1. The number of carbonyl (C=O) groups is 1. The van der Waals surface area contributed by atoms with Crippen molar-refractivity contribution in [3.05, 3.63) is 0 Å². The number of rotatable bonds is 3. The highest BCUT2D eigenvalue weighted by Gasteiger charge is 2.62. The summed E-state index contributed by atoms with van der Waals surface area (Å²) < 4.78 is 45.6. The van der Waals surface area contributed by atoms with Crippen LogP contribution in [0.5, 0.6) is 0 Å². The van der Waals surface area contributed by atoms with Gasteiger partial charge in [-0.15, -0.1) is 0 Å². The maximum atomic E-state index is 11.8. The van der Waals surface area contributed by atoms with Crippen LogP contribution in [0.4, 0.5) is 0 Å². The van der Waals surface area contributed by atoms with Crippen molar-refractivity contribution < 1.29 is 31.6 Å². The van der Waals surface area contributed by atoms with Gasteiger partial charge in [-0.25, -0.2) is 0 Å².